The van der Waals surface area contributed by atoms with Gasteiger partial charge in [0.25, 0.3) is 0 Å². The van der Waals surface area contributed by atoms with Gasteiger partial charge in [-0.3, -0.25) is 10.1 Å². The normalized spacial score (nSPS) is 15.7. The van der Waals surface area contributed by atoms with Gasteiger partial charge in [-0.15, -0.1) is 0 Å². The lowest BCUT2D eigenvalue weighted by Gasteiger charge is -2.24. The molecule has 23 heavy (non-hydrogen) atoms. The summed E-state index contributed by atoms with van der Waals surface area (Å²) in [5.74, 6) is -2.06. The largest absolute Gasteiger partial charge is 0.545 e. The van der Waals surface area contributed by atoms with Gasteiger partial charge >= 0.3 is 11.8 Å². The molecule has 0 aromatic heterocycles. The molecule has 1 aliphatic carbocycles. The van der Waals surface area contributed by atoms with Crippen molar-refractivity contribution in [2.45, 2.75) is 31.3 Å². The van der Waals surface area contributed by atoms with Crippen LogP contribution in [0.2, 0.25) is 0 Å². The lowest BCUT2D eigenvalue weighted by Crippen LogP contribution is -2.31. The average molecular weight is 320 g/mol. The highest BCUT2D eigenvalue weighted by molar-refractivity contribution is 5.87. The Morgan fingerprint density at radius 1 is 1.30 bits per heavy atom. The van der Waals surface area contributed by atoms with Crippen molar-refractivity contribution >= 4 is 17.8 Å². The third-order valence-electron chi connectivity index (χ3n) is 3.69. The molecule has 0 atom stereocenters. The number of nitro benzene ring substituents is 1. The van der Waals surface area contributed by atoms with Crippen molar-refractivity contribution in [3.8, 4) is 5.75 Å². The Balaban J connectivity index is 2.22. The summed E-state index contributed by atoms with van der Waals surface area (Å²) in [6.07, 6.45) is 3.26. The van der Waals surface area contributed by atoms with Crippen LogP contribution in [0.5, 0.6) is 5.75 Å². The number of nitro groups is 1. The van der Waals surface area contributed by atoms with Gasteiger partial charge in [-0.05, 0) is 43.9 Å². The Hall–Kier alpha value is -2.90. The van der Waals surface area contributed by atoms with E-state index in [9.17, 15) is 24.8 Å². The Labute approximate surface area is 131 Å². The van der Waals surface area contributed by atoms with Gasteiger partial charge in [0, 0.05) is 11.6 Å². The predicted octanol–water partition coefficient (Wildman–Crippen LogP) is 1.97. The molecule has 2 rings (SSSR count). The van der Waals surface area contributed by atoms with E-state index in [0.717, 1.165) is 31.0 Å². The molecule has 1 aliphatic rings. The van der Waals surface area contributed by atoms with Crippen LogP contribution >= 0.6 is 0 Å². The zero-order valence-electron chi connectivity index (χ0n) is 12.1. The van der Waals surface area contributed by atoms with Crippen molar-refractivity contribution < 1.29 is 29.1 Å². The summed E-state index contributed by atoms with van der Waals surface area (Å²) in [6, 6.07) is 2.77. The summed E-state index contributed by atoms with van der Waals surface area (Å²) in [4.78, 5) is 32.9. The number of carbonyl (C=O) groups is 2. The van der Waals surface area contributed by atoms with Crippen molar-refractivity contribution in [2.24, 2.45) is 0 Å². The van der Waals surface area contributed by atoms with Crippen molar-refractivity contribution in [2.75, 3.05) is 0 Å². The molecule has 0 bridgehead atoms. The van der Waals surface area contributed by atoms with Crippen LogP contribution in [0.15, 0.2) is 30.9 Å². The fourth-order valence-electron chi connectivity index (χ4n) is 2.47. The van der Waals surface area contributed by atoms with E-state index in [1.54, 1.807) is 0 Å². The van der Waals surface area contributed by atoms with Crippen LogP contribution < -0.4 is 9.84 Å². The van der Waals surface area contributed by atoms with Crippen molar-refractivity contribution in [3.63, 3.8) is 0 Å². The van der Waals surface area contributed by atoms with E-state index in [1.165, 1.54) is 6.08 Å². The first-order valence-corrected chi connectivity index (χ1v) is 6.91. The van der Waals surface area contributed by atoms with Crippen molar-refractivity contribution in [3.05, 3.63) is 46.5 Å². The van der Waals surface area contributed by atoms with Gasteiger partial charge in [0.15, 0.2) is 0 Å². The molecule has 8 heteroatoms. The Morgan fingerprint density at radius 2 is 1.96 bits per heavy atom. The number of carbonyl (C=O) groups excluding carboxylic acids is 2. The summed E-state index contributed by atoms with van der Waals surface area (Å²) in [7, 11) is 0. The van der Waals surface area contributed by atoms with Crippen LogP contribution in [-0.4, -0.2) is 22.6 Å². The molecule has 0 heterocycles. The molecular weight excluding hydrogens is 306 g/mol. The number of rotatable bonds is 5. The summed E-state index contributed by atoms with van der Waals surface area (Å²) < 4.78 is 10.1. The number of ether oxygens (including phenoxy) is 2. The fourth-order valence-corrected chi connectivity index (χ4v) is 2.47. The van der Waals surface area contributed by atoms with Crippen LogP contribution in [0.25, 0.3) is 0 Å². The molecule has 0 N–H and O–H groups in total. The van der Waals surface area contributed by atoms with Crippen LogP contribution in [0.3, 0.4) is 0 Å². The van der Waals surface area contributed by atoms with Gasteiger partial charge in [-0.1, -0.05) is 6.58 Å². The summed E-state index contributed by atoms with van der Waals surface area (Å²) in [6.45, 7) is 3.63. The molecule has 0 spiro atoms. The zero-order valence-corrected chi connectivity index (χ0v) is 12.1. The maximum atomic E-state index is 11.9. The van der Waals surface area contributed by atoms with Gasteiger partial charge in [-0.2, -0.15) is 0 Å². The van der Waals surface area contributed by atoms with Gasteiger partial charge < -0.3 is 19.4 Å². The first-order valence-electron chi connectivity index (χ1n) is 6.91. The lowest BCUT2D eigenvalue weighted by molar-refractivity contribution is -0.385. The highest BCUT2D eigenvalue weighted by Crippen LogP contribution is 2.35. The molecule has 0 saturated heterocycles. The first kappa shape index (κ1) is 16.5. The molecule has 0 radical (unpaired) electrons. The third-order valence-corrected chi connectivity index (χ3v) is 3.69. The zero-order chi connectivity index (χ0) is 17.0. The second kappa shape index (κ2) is 6.47. The number of aromatic carboxylic acids is 1. The molecule has 8 nitrogen and oxygen atoms in total. The lowest BCUT2D eigenvalue weighted by atomic mass is 10.0. The third kappa shape index (κ3) is 3.65. The van der Waals surface area contributed by atoms with Crippen LogP contribution in [-0.2, 0) is 4.74 Å². The monoisotopic (exact) mass is 320 g/mol. The fraction of sp³-hybridized carbons (Fsp3) is 0.333. The topological polar surface area (TPSA) is 119 Å². The van der Waals surface area contributed by atoms with E-state index in [1.807, 2.05) is 0 Å². The van der Waals surface area contributed by atoms with Gasteiger partial charge in [0.1, 0.15) is 5.60 Å². The molecule has 1 saturated carbocycles. The Kier molecular flexibility index (Phi) is 4.63. The Morgan fingerprint density at radius 3 is 2.48 bits per heavy atom. The standard InChI is InChI=1S/C15H15NO7/c1-2-15(7-3-4-8-15)23-14(19)22-12-9-10(13(17)18)5-6-11(12)16(20)21/h2,5-6,9H,1,3-4,7-8H2,(H,17,18)/p-1. The maximum Gasteiger partial charge on any atom is 0.514 e. The van der Waals surface area contributed by atoms with E-state index < -0.39 is 34.1 Å². The summed E-state index contributed by atoms with van der Waals surface area (Å²) >= 11 is 0. The van der Waals surface area contributed by atoms with E-state index in [4.69, 9.17) is 9.47 Å². The molecule has 0 amide bonds. The summed E-state index contributed by atoms with van der Waals surface area (Å²) in [5, 5.41) is 21.8. The SMILES string of the molecule is C=CC1(OC(=O)Oc2cc(C(=O)[O-])ccc2[N+](=O)[O-])CCCC1. The van der Waals surface area contributed by atoms with E-state index in [0.29, 0.717) is 12.8 Å². The van der Waals surface area contributed by atoms with Crippen LogP contribution in [0.1, 0.15) is 36.0 Å². The number of carboxylic acid groups (broad SMARTS) is 1. The highest BCUT2D eigenvalue weighted by Gasteiger charge is 2.36. The number of carboxylic acids is 1. The second-order valence-electron chi connectivity index (χ2n) is 5.16. The maximum absolute atomic E-state index is 11.9. The van der Waals surface area contributed by atoms with Crippen molar-refractivity contribution in [1.29, 1.82) is 0 Å². The van der Waals surface area contributed by atoms with E-state index in [-0.39, 0.29) is 5.56 Å². The molecule has 0 unspecified atom stereocenters. The van der Waals surface area contributed by atoms with Crippen LogP contribution in [0.4, 0.5) is 10.5 Å². The minimum Gasteiger partial charge on any atom is -0.545 e. The minimum absolute atomic E-state index is 0.349. The van der Waals surface area contributed by atoms with Crippen LogP contribution in [0, 0.1) is 10.1 Å². The number of benzene rings is 1. The smallest absolute Gasteiger partial charge is 0.514 e. The number of hydrogen-bond donors (Lipinski definition) is 0. The number of nitrogens with zero attached hydrogens (tertiary/aromatic N) is 1. The number of hydrogen-bond acceptors (Lipinski definition) is 7. The summed E-state index contributed by atoms with van der Waals surface area (Å²) in [5.41, 5.74) is -1.75. The predicted molar refractivity (Wildman–Crippen MR) is 75.9 cm³/mol. The van der Waals surface area contributed by atoms with Gasteiger partial charge in [-0.25, -0.2) is 4.79 Å². The van der Waals surface area contributed by atoms with Gasteiger partial charge in [0.05, 0.1) is 10.9 Å². The van der Waals surface area contributed by atoms with Gasteiger partial charge in [0.2, 0.25) is 5.75 Å². The molecule has 1 aromatic carbocycles. The molecule has 1 aromatic rings. The minimum atomic E-state index is -1.54. The average Bonchev–Trinajstić information content (AvgIpc) is 2.95. The quantitative estimate of drug-likeness (QED) is 0.267. The van der Waals surface area contributed by atoms with Crippen molar-refractivity contribution in [1.82, 2.24) is 0 Å². The highest BCUT2D eigenvalue weighted by atomic mass is 16.7. The molecule has 122 valence electrons. The van der Waals surface area contributed by atoms with E-state index >= 15 is 0 Å². The van der Waals surface area contributed by atoms with E-state index in [2.05, 4.69) is 6.58 Å². The molecule has 1 fully saturated rings. The second-order valence-corrected chi connectivity index (χ2v) is 5.16. The Bertz CT molecular complexity index is 662. The molecular formula is C15H14NO7-. The first-order chi connectivity index (χ1) is 10.9. The molecule has 0 aliphatic heterocycles.